The molecule has 0 bridgehead atoms. The van der Waals surface area contributed by atoms with Gasteiger partial charge in [0.1, 0.15) is 5.82 Å². The van der Waals surface area contributed by atoms with Gasteiger partial charge in [0.05, 0.1) is 11.3 Å². The minimum absolute atomic E-state index is 0.155. The zero-order chi connectivity index (χ0) is 15.1. The van der Waals surface area contributed by atoms with E-state index in [1.165, 1.54) is 0 Å². The van der Waals surface area contributed by atoms with E-state index in [2.05, 4.69) is 10.3 Å². The Kier molecular flexibility index (Phi) is 3.12. The average Bonchev–Trinajstić information content (AvgIpc) is 2.97. The highest BCUT2D eigenvalue weighted by atomic mass is 19.1. The summed E-state index contributed by atoms with van der Waals surface area (Å²) in [5.41, 5.74) is 2.59. The molecule has 22 heavy (non-hydrogen) atoms. The molecule has 2 aliphatic rings. The Morgan fingerprint density at radius 1 is 1.23 bits per heavy atom. The van der Waals surface area contributed by atoms with Crippen LogP contribution in [0.2, 0.25) is 0 Å². The standard InChI is InChI=1S/C18H15FN2O/c19-16-7-11(6-14-9-20-10-15(14)16)5-13-8-12-3-1-2-4-17(12)21-18(13)22/h1-4,6-8,13,20H,5,9-10H2. The van der Waals surface area contributed by atoms with Crippen molar-refractivity contribution >= 4 is 12.0 Å². The van der Waals surface area contributed by atoms with Crippen molar-refractivity contribution in [3.05, 3.63) is 69.5 Å². The van der Waals surface area contributed by atoms with Gasteiger partial charge in [0.2, 0.25) is 0 Å². The Bertz CT molecular complexity index is 888. The Hall–Kier alpha value is -2.33. The van der Waals surface area contributed by atoms with E-state index in [0.717, 1.165) is 21.9 Å². The summed E-state index contributed by atoms with van der Waals surface area (Å²) < 4.78 is 14.1. The SMILES string of the molecule is O=C1N=c2ccccc2=CC1Cc1cc(F)c2c(c1)CNC2. The summed E-state index contributed by atoms with van der Waals surface area (Å²) in [6, 6.07) is 11.1. The van der Waals surface area contributed by atoms with Gasteiger partial charge in [0, 0.05) is 18.7 Å². The molecule has 1 amide bonds. The molecule has 0 aliphatic carbocycles. The highest BCUT2D eigenvalue weighted by Crippen LogP contribution is 2.23. The lowest BCUT2D eigenvalue weighted by Crippen LogP contribution is -2.34. The second kappa shape index (κ2) is 5.14. The maximum atomic E-state index is 14.1. The fourth-order valence-corrected chi connectivity index (χ4v) is 3.17. The van der Waals surface area contributed by atoms with Crippen LogP contribution < -0.4 is 15.9 Å². The van der Waals surface area contributed by atoms with Gasteiger partial charge < -0.3 is 5.32 Å². The Labute approximate surface area is 127 Å². The first-order valence-corrected chi connectivity index (χ1v) is 7.41. The number of nitrogens with one attached hydrogen (secondary N) is 1. The van der Waals surface area contributed by atoms with Gasteiger partial charge in [-0.2, -0.15) is 0 Å². The molecule has 0 spiro atoms. The normalized spacial score (nSPS) is 19.1. The van der Waals surface area contributed by atoms with Crippen LogP contribution in [0, 0.1) is 11.7 Å². The highest BCUT2D eigenvalue weighted by molar-refractivity contribution is 5.86. The van der Waals surface area contributed by atoms with Crippen molar-refractivity contribution in [2.24, 2.45) is 10.9 Å². The Morgan fingerprint density at radius 2 is 2.09 bits per heavy atom. The van der Waals surface area contributed by atoms with Crippen molar-refractivity contribution in [1.82, 2.24) is 5.32 Å². The van der Waals surface area contributed by atoms with Crippen molar-refractivity contribution in [3.63, 3.8) is 0 Å². The van der Waals surface area contributed by atoms with Crippen LogP contribution in [-0.4, -0.2) is 5.91 Å². The van der Waals surface area contributed by atoms with E-state index in [0.29, 0.717) is 24.9 Å². The van der Waals surface area contributed by atoms with E-state index in [-0.39, 0.29) is 17.6 Å². The minimum atomic E-state index is -0.318. The summed E-state index contributed by atoms with van der Waals surface area (Å²) in [5, 5.41) is 4.83. The van der Waals surface area contributed by atoms with Gasteiger partial charge in [-0.1, -0.05) is 30.3 Å². The molecule has 4 rings (SSSR count). The summed E-state index contributed by atoms with van der Waals surface area (Å²) in [7, 11) is 0. The molecular formula is C18H15FN2O. The number of carbonyl (C=O) groups excluding carboxylic acids is 1. The average molecular weight is 294 g/mol. The number of benzene rings is 2. The molecule has 0 fully saturated rings. The van der Waals surface area contributed by atoms with Crippen molar-refractivity contribution in [2.45, 2.75) is 19.5 Å². The van der Waals surface area contributed by atoms with E-state index < -0.39 is 0 Å². The largest absolute Gasteiger partial charge is 0.308 e. The van der Waals surface area contributed by atoms with Gasteiger partial charge in [-0.15, -0.1) is 0 Å². The molecule has 110 valence electrons. The first kappa shape index (κ1) is 13.3. The molecule has 0 saturated carbocycles. The van der Waals surface area contributed by atoms with E-state index in [1.54, 1.807) is 6.07 Å². The Balaban J connectivity index is 1.69. The zero-order valence-corrected chi connectivity index (χ0v) is 12.0. The topological polar surface area (TPSA) is 41.5 Å². The van der Waals surface area contributed by atoms with Crippen molar-refractivity contribution < 1.29 is 9.18 Å². The number of hydrogen-bond donors (Lipinski definition) is 1. The summed E-state index contributed by atoms with van der Waals surface area (Å²) in [4.78, 5) is 16.3. The molecule has 0 aromatic heterocycles. The van der Waals surface area contributed by atoms with Crippen LogP contribution in [0.4, 0.5) is 4.39 Å². The van der Waals surface area contributed by atoms with Crippen LogP contribution in [0.1, 0.15) is 16.7 Å². The molecule has 1 N–H and O–H groups in total. The molecule has 1 unspecified atom stereocenters. The lowest BCUT2D eigenvalue weighted by molar-refractivity contribution is -0.120. The molecule has 4 heteroatoms. The van der Waals surface area contributed by atoms with Gasteiger partial charge >= 0.3 is 0 Å². The van der Waals surface area contributed by atoms with E-state index in [1.807, 2.05) is 36.4 Å². The molecule has 2 aliphatic heterocycles. The molecule has 2 heterocycles. The zero-order valence-electron chi connectivity index (χ0n) is 12.0. The van der Waals surface area contributed by atoms with Gasteiger partial charge in [-0.05, 0) is 34.9 Å². The summed E-state index contributed by atoms with van der Waals surface area (Å²) >= 11 is 0. The molecule has 0 saturated heterocycles. The number of nitrogens with zero attached hydrogens (tertiary/aromatic N) is 1. The Morgan fingerprint density at radius 3 is 3.00 bits per heavy atom. The first-order valence-electron chi connectivity index (χ1n) is 7.41. The summed E-state index contributed by atoms with van der Waals surface area (Å²) in [6.45, 7) is 1.27. The maximum absolute atomic E-state index is 14.1. The van der Waals surface area contributed by atoms with Crippen molar-refractivity contribution in [2.75, 3.05) is 0 Å². The molecule has 2 aromatic rings. The van der Waals surface area contributed by atoms with Gasteiger partial charge in [-0.25, -0.2) is 9.38 Å². The lowest BCUT2D eigenvalue weighted by atomic mass is 9.93. The van der Waals surface area contributed by atoms with Gasteiger partial charge in [-0.3, -0.25) is 4.79 Å². The fourth-order valence-electron chi connectivity index (χ4n) is 3.17. The van der Waals surface area contributed by atoms with Crippen LogP contribution in [0.5, 0.6) is 0 Å². The molecule has 3 nitrogen and oxygen atoms in total. The van der Waals surface area contributed by atoms with E-state index in [9.17, 15) is 9.18 Å². The number of rotatable bonds is 2. The van der Waals surface area contributed by atoms with Crippen LogP contribution in [-0.2, 0) is 24.3 Å². The van der Waals surface area contributed by atoms with E-state index >= 15 is 0 Å². The predicted octanol–water partition coefficient (Wildman–Crippen LogP) is 1.23. The number of para-hydroxylation sites is 1. The van der Waals surface area contributed by atoms with Crippen LogP contribution in [0.15, 0.2) is 41.4 Å². The summed E-state index contributed by atoms with van der Waals surface area (Å²) in [6.07, 6.45) is 2.43. The number of amides is 1. The first-order chi connectivity index (χ1) is 10.7. The van der Waals surface area contributed by atoms with Gasteiger partial charge in [0.15, 0.2) is 0 Å². The van der Waals surface area contributed by atoms with Crippen molar-refractivity contribution in [1.29, 1.82) is 0 Å². The third-order valence-corrected chi connectivity index (χ3v) is 4.29. The van der Waals surface area contributed by atoms with Crippen LogP contribution >= 0.6 is 0 Å². The second-order valence-electron chi connectivity index (χ2n) is 5.81. The van der Waals surface area contributed by atoms with E-state index in [4.69, 9.17) is 0 Å². The smallest absolute Gasteiger partial charge is 0.253 e. The number of fused-ring (bicyclic) bond motifs is 2. The lowest BCUT2D eigenvalue weighted by Gasteiger charge is -2.13. The quantitative estimate of drug-likeness (QED) is 0.905. The number of carbonyl (C=O) groups is 1. The number of halogens is 1. The third-order valence-electron chi connectivity index (χ3n) is 4.29. The maximum Gasteiger partial charge on any atom is 0.253 e. The minimum Gasteiger partial charge on any atom is -0.308 e. The molecule has 0 radical (unpaired) electrons. The van der Waals surface area contributed by atoms with Crippen molar-refractivity contribution in [3.8, 4) is 0 Å². The second-order valence-corrected chi connectivity index (χ2v) is 5.81. The monoisotopic (exact) mass is 294 g/mol. The predicted molar refractivity (Wildman–Crippen MR) is 80.8 cm³/mol. The molecule has 2 aromatic carbocycles. The fraction of sp³-hybridized carbons (Fsp3) is 0.222. The highest BCUT2D eigenvalue weighted by Gasteiger charge is 2.21. The van der Waals surface area contributed by atoms with Crippen LogP contribution in [0.3, 0.4) is 0 Å². The van der Waals surface area contributed by atoms with Gasteiger partial charge in [0.25, 0.3) is 5.91 Å². The van der Waals surface area contributed by atoms with Crippen LogP contribution in [0.25, 0.3) is 6.08 Å². The molecular weight excluding hydrogens is 279 g/mol. The third kappa shape index (κ3) is 2.25. The summed E-state index contributed by atoms with van der Waals surface area (Å²) in [5.74, 6) is -0.655. The molecule has 1 atom stereocenters. The number of hydrogen-bond acceptors (Lipinski definition) is 2.